The number of alkyl halides is 5. The van der Waals surface area contributed by atoms with E-state index >= 15 is 8.78 Å². The van der Waals surface area contributed by atoms with Crippen molar-refractivity contribution in [2.75, 3.05) is 36.9 Å². The highest BCUT2D eigenvalue weighted by Crippen LogP contribution is 2.69. The Morgan fingerprint density at radius 1 is 1.12 bits per heavy atom. The predicted molar refractivity (Wildman–Crippen MR) is 164 cm³/mol. The summed E-state index contributed by atoms with van der Waals surface area (Å²) in [5.74, 6) is -5.56. The summed E-state index contributed by atoms with van der Waals surface area (Å²) in [6.45, 7) is 4.23. The first-order valence-corrected chi connectivity index (χ1v) is 16.6. The van der Waals surface area contributed by atoms with Gasteiger partial charge < -0.3 is 25.4 Å². The van der Waals surface area contributed by atoms with Gasteiger partial charge in [-0.2, -0.15) is 23.1 Å². The molecule has 5 aliphatic heterocycles. The topological polar surface area (TPSA) is 102 Å². The number of nitrogens with one attached hydrogen (secondary N) is 1. The van der Waals surface area contributed by atoms with E-state index in [1.54, 1.807) is 6.92 Å². The number of anilines is 2. The SMILES string of the molecule is Cc1cc(N)c(F)c(-c2nc3c4c(nc(OC[C@@]56CCCN5CC5(CC5(F)F)C6)nc4c2F)N2C[C@H]4CC[C@H](N4)[C@H]2[C@H](C)O3)c1C(F)(F)F. The molecule has 7 heterocycles. The smallest absolute Gasteiger partial charge is 0.417 e. The standard InChI is InChI=1S/C33H34F7N7O2/c1-14-8-17(41)22(34)19(21(14)33(38,39)40)24-23(35)25-20-27(47-9-16-4-5-18(42-16)26(47)15(2)49-28(20)43-24)45-29(44-25)48-13-31-6-3-7-46(31)12-30(10-31)11-32(30,36)37/h8,15-16,18,26,42H,3-7,9-13,41H2,1-2H3/t15-,16+,18-,26+,30?,31-/m0/s1. The number of aryl methyl sites for hydroxylation is 1. The van der Waals surface area contributed by atoms with Crippen LogP contribution in [0.4, 0.5) is 42.2 Å². The number of halogens is 7. The third-order valence-electron chi connectivity index (χ3n) is 11.8. The van der Waals surface area contributed by atoms with E-state index in [2.05, 4.69) is 15.3 Å². The van der Waals surface area contributed by atoms with Crippen molar-refractivity contribution >= 4 is 22.4 Å². The normalized spacial score (nSPS) is 32.7. The minimum absolute atomic E-state index is 0.0249. The molecule has 3 aromatic rings. The Bertz CT molecular complexity index is 1930. The lowest BCUT2D eigenvalue weighted by atomic mass is 9.89. The molecule has 2 bridgehead atoms. The van der Waals surface area contributed by atoms with Crippen molar-refractivity contribution in [3.8, 4) is 23.1 Å². The second kappa shape index (κ2) is 9.98. The van der Waals surface area contributed by atoms with E-state index in [4.69, 9.17) is 20.2 Å². The Labute approximate surface area is 276 Å². The van der Waals surface area contributed by atoms with Gasteiger partial charge in [0.2, 0.25) is 5.88 Å². The van der Waals surface area contributed by atoms with Gasteiger partial charge in [-0.05, 0) is 64.1 Å². The fraction of sp³-hybridized carbons (Fsp3) is 0.606. The molecule has 6 aliphatic rings. The van der Waals surface area contributed by atoms with E-state index in [0.717, 1.165) is 32.3 Å². The Morgan fingerprint density at radius 2 is 1.90 bits per heavy atom. The number of nitrogens with two attached hydrogens (primary N) is 1. The number of hydrogen-bond acceptors (Lipinski definition) is 9. The summed E-state index contributed by atoms with van der Waals surface area (Å²) in [5.41, 5.74) is -1.01. The quantitative estimate of drug-likeness (QED) is 0.267. The van der Waals surface area contributed by atoms with Gasteiger partial charge in [0.15, 0.2) is 11.6 Å². The first-order chi connectivity index (χ1) is 23.1. The number of benzene rings is 1. The fourth-order valence-electron chi connectivity index (χ4n) is 9.58. The van der Waals surface area contributed by atoms with E-state index < -0.39 is 74.4 Å². The van der Waals surface area contributed by atoms with Crippen LogP contribution in [0.5, 0.6) is 11.9 Å². The second-order valence-corrected chi connectivity index (χ2v) is 14.9. The van der Waals surface area contributed by atoms with Crippen LogP contribution >= 0.6 is 0 Å². The summed E-state index contributed by atoms with van der Waals surface area (Å²) < 4.78 is 117. The zero-order valence-corrected chi connectivity index (χ0v) is 26.7. The molecule has 262 valence electrons. The highest BCUT2D eigenvalue weighted by Gasteiger charge is 2.77. The van der Waals surface area contributed by atoms with E-state index in [1.807, 2.05) is 9.80 Å². The molecule has 16 heteroatoms. The summed E-state index contributed by atoms with van der Waals surface area (Å²) in [4.78, 5) is 17.4. The Balaban J connectivity index is 1.22. The number of hydrogen-bond donors (Lipinski definition) is 2. The summed E-state index contributed by atoms with van der Waals surface area (Å²) >= 11 is 0. The van der Waals surface area contributed by atoms with Crippen LogP contribution in [-0.4, -0.2) is 81.8 Å². The minimum atomic E-state index is -5.08. The molecule has 2 aromatic heterocycles. The zero-order chi connectivity index (χ0) is 34.4. The van der Waals surface area contributed by atoms with Gasteiger partial charge in [-0.3, -0.25) is 4.90 Å². The maximum Gasteiger partial charge on any atom is 0.417 e. The lowest BCUT2D eigenvalue weighted by Crippen LogP contribution is -2.62. The number of ether oxygens (including phenoxy) is 2. The molecule has 49 heavy (non-hydrogen) atoms. The number of piperazine rings is 1. The van der Waals surface area contributed by atoms with Crippen LogP contribution in [0, 0.1) is 24.0 Å². The van der Waals surface area contributed by atoms with Crippen LogP contribution in [0.2, 0.25) is 0 Å². The van der Waals surface area contributed by atoms with Crippen LogP contribution in [0.25, 0.3) is 22.2 Å². The lowest BCUT2D eigenvalue weighted by Gasteiger charge is -2.42. The molecule has 9 nitrogen and oxygen atoms in total. The molecule has 4 saturated heterocycles. The Morgan fingerprint density at radius 3 is 2.63 bits per heavy atom. The second-order valence-electron chi connectivity index (χ2n) is 14.9. The minimum Gasteiger partial charge on any atom is -0.472 e. The van der Waals surface area contributed by atoms with Crippen molar-refractivity contribution in [2.24, 2.45) is 5.41 Å². The van der Waals surface area contributed by atoms with Crippen molar-refractivity contribution < 1.29 is 40.2 Å². The van der Waals surface area contributed by atoms with Crippen LogP contribution in [0.15, 0.2) is 6.07 Å². The number of rotatable bonds is 4. The molecule has 6 atom stereocenters. The predicted octanol–water partition coefficient (Wildman–Crippen LogP) is 5.61. The van der Waals surface area contributed by atoms with Crippen LogP contribution < -0.4 is 25.4 Å². The molecule has 5 fully saturated rings. The molecule has 1 saturated carbocycles. The molecule has 0 amide bonds. The number of nitrogen functional groups attached to an aromatic ring is 1. The summed E-state index contributed by atoms with van der Waals surface area (Å²) in [6, 6.07) is 0.318. The van der Waals surface area contributed by atoms with Gasteiger partial charge in [-0.15, -0.1) is 0 Å². The van der Waals surface area contributed by atoms with Gasteiger partial charge in [-0.25, -0.2) is 22.5 Å². The molecule has 0 radical (unpaired) electrons. The van der Waals surface area contributed by atoms with Crippen molar-refractivity contribution in [1.29, 1.82) is 0 Å². The molecule has 1 aromatic carbocycles. The maximum absolute atomic E-state index is 16.9. The molecule has 3 N–H and O–H groups in total. The largest absolute Gasteiger partial charge is 0.472 e. The van der Waals surface area contributed by atoms with Gasteiger partial charge in [0.1, 0.15) is 35.1 Å². The third kappa shape index (κ3) is 4.40. The molecular formula is C33H34F7N7O2. The van der Waals surface area contributed by atoms with Gasteiger partial charge >= 0.3 is 12.2 Å². The average molecular weight is 694 g/mol. The third-order valence-corrected chi connectivity index (χ3v) is 11.8. The van der Waals surface area contributed by atoms with Crippen LogP contribution in [-0.2, 0) is 6.18 Å². The highest BCUT2D eigenvalue weighted by molar-refractivity contribution is 5.97. The van der Waals surface area contributed by atoms with E-state index in [1.165, 1.54) is 0 Å². The molecule has 1 unspecified atom stereocenters. The lowest BCUT2D eigenvalue weighted by molar-refractivity contribution is -0.137. The highest BCUT2D eigenvalue weighted by atomic mass is 19.4. The van der Waals surface area contributed by atoms with Crippen molar-refractivity contribution in [1.82, 2.24) is 25.2 Å². The van der Waals surface area contributed by atoms with Crippen LogP contribution in [0.3, 0.4) is 0 Å². The fourth-order valence-corrected chi connectivity index (χ4v) is 9.58. The average Bonchev–Trinajstić information content (AvgIpc) is 3.34. The number of nitrogens with zero attached hydrogens (tertiary/aromatic N) is 5. The van der Waals surface area contributed by atoms with E-state index in [9.17, 15) is 22.0 Å². The van der Waals surface area contributed by atoms with E-state index in [-0.39, 0.29) is 67.2 Å². The summed E-state index contributed by atoms with van der Waals surface area (Å²) in [6.07, 6.45) is -2.48. The molecule has 1 spiro atoms. The first-order valence-electron chi connectivity index (χ1n) is 16.6. The summed E-state index contributed by atoms with van der Waals surface area (Å²) in [7, 11) is 0. The monoisotopic (exact) mass is 693 g/mol. The van der Waals surface area contributed by atoms with Gasteiger partial charge in [0.25, 0.3) is 5.92 Å². The van der Waals surface area contributed by atoms with Crippen LogP contribution in [0.1, 0.15) is 56.6 Å². The van der Waals surface area contributed by atoms with Crippen molar-refractivity contribution in [2.45, 2.75) is 94.2 Å². The van der Waals surface area contributed by atoms with Gasteiger partial charge in [-0.1, -0.05) is 0 Å². The van der Waals surface area contributed by atoms with Crippen molar-refractivity contribution in [3.05, 3.63) is 28.8 Å². The number of pyridine rings is 1. The molecule has 1 aliphatic carbocycles. The Kier molecular flexibility index (Phi) is 6.38. The molecular weight excluding hydrogens is 659 g/mol. The number of fused-ring (bicyclic) bond motifs is 6. The van der Waals surface area contributed by atoms with Gasteiger partial charge in [0.05, 0.1) is 33.8 Å². The van der Waals surface area contributed by atoms with Gasteiger partial charge in [0, 0.05) is 31.6 Å². The molecule has 9 rings (SSSR count). The summed E-state index contributed by atoms with van der Waals surface area (Å²) in [5, 5.41) is 3.60. The zero-order valence-electron chi connectivity index (χ0n) is 26.7. The van der Waals surface area contributed by atoms with E-state index in [0.29, 0.717) is 19.5 Å². The first kappa shape index (κ1) is 31.3. The van der Waals surface area contributed by atoms with Crippen molar-refractivity contribution in [3.63, 3.8) is 0 Å². The number of aromatic nitrogens is 3. The Hall–Kier alpha value is -3.66. The maximum atomic E-state index is 16.9.